The molecule has 0 aliphatic rings. The van der Waals surface area contributed by atoms with E-state index in [1.165, 1.54) is 9.96 Å². The Kier molecular flexibility index (Phi) is 3.70. The van der Waals surface area contributed by atoms with Crippen molar-refractivity contribution in [2.45, 2.75) is 13.3 Å². The van der Waals surface area contributed by atoms with Crippen LogP contribution in [-0.4, -0.2) is 15.7 Å². The van der Waals surface area contributed by atoms with Crippen LogP contribution in [-0.2, 0) is 6.42 Å². The van der Waals surface area contributed by atoms with Crippen LogP contribution in [0.5, 0.6) is 11.6 Å². The smallest absolute Gasteiger partial charge is 0.272 e. The Morgan fingerprint density at radius 2 is 1.95 bits per heavy atom. The Bertz CT molecular complexity index is 883. The number of fused-ring (bicyclic) bond motifs is 1. The molecule has 1 aromatic carbocycles. The minimum Gasteiger partial charge on any atom is -0.438 e. The number of benzene rings is 1. The molecule has 0 unspecified atom stereocenters. The van der Waals surface area contributed by atoms with Crippen molar-refractivity contribution < 1.29 is 9.53 Å². The van der Waals surface area contributed by atoms with Crippen LogP contribution < -0.4 is 10.3 Å². The Morgan fingerprint density at radius 3 is 2.64 bits per heavy atom. The maximum Gasteiger partial charge on any atom is 0.272 e. The van der Waals surface area contributed by atoms with E-state index in [9.17, 15) is 9.59 Å². The average molecular weight is 294 g/mol. The molecule has 0 saturated carbocycles. The molecule has 2 heterocycles. The molecule has 5 nitrogen and oxygen atoms in total. The van der Waals surface area contributed by atoms with E-state index in [-0.39, 0.29) is 11.4 Å². The quantitative estimate of drug-likeness (QED) is 0.694. The van der Waals surface area contributed by atoms with E-state index in [1.54, 1.807) is 36.5 Å². The van der Waals surface area contributed by atoms with Gasteiger partial charge in [0.1, 0.15) is 17.0 Å². The van der Waals surface area contributed by atoms with Gasteiger partial charge < -0.3 is 4.74 Å². The normalized spacial score (nSPS) is 10.6. The van der Waals surface area contributed by atoms with Gasteiger partial charge in [0.05, 0.1) is 0 Å². The first-order chi connectivity index (χ1) is 10.7. The summed E-state index contributed by atoms with van der Waals surface area (Å²) in [5.74, 6) is 0.558. The molecule has 0 saturated heterocycles. The zero-order chi connectivity index (χ0) is 15.5. The Morgan fingerprint density at radius 1 is 1.18 bits per heavy atom. The highest BCUT2D eigenvalue weighted by atomic mass is 16.5. The molecule has 0 radical (unpaired) electrons. The lowest BCUT2D eigenvalue weighted by Gasteiger charge is -2.09. The summed E-state index contributed by atoms with van der Waals surface area (Å²) < 4.78 is 6.95. The van der Waals surface area contributed by atoms with Crippen LogP contribution in [0.2, 0.25) is 0 Å². The second kappa shape index (κ2) is 5.81. The molecule has 5 heteroatoms. The third kappa shape index (κ3) is 2.48. The Labute approximate surface area is 126 Å². The van der Waals surface area contributed by atoms with Gasteiger partial charge in [0, 0.05) is 6.20 Å². The van der Waals surface area contributed by atoms with Crippen LogP contribution in [0, 0.1) is 0 Å². The van der Waals surface area contributed by atoms with Gasteiger partial charge in [-0.1, -0.05) is 25.1 Å². The third-order valence-corrected chi connectivity index (χ3v) is 3.40. The van der Waals surface area contributed by atoms with Crippen molar-refractivity contribution in [3.63, 3.8) is 0 Å². The number of aryl methyl sites for hydroxylation is 1. The van der Waals surface area contributed by atoms with Crippen LogP contribution in [0.25, 0.3) is 5.65 Å². The number of pyridine rings is 1. The summed E-state index contributed by atoms with van der Waals surface area (Å²) in [6.45, 7) is 2.06. The summed E-state index contributed by atoms with van der Waals surface area (Å²) in [6, 6.07) is 12.6. The van der Waals surface area contributed by atoms with Crippen molar-refractivity contribution in [2.75, 3.05) is 0 Å². The second-order valence-electron chi connectivity index (χ2n) is 4.78. The van der Waals surface area contributed by atoms with Crippen molar-refractivity contribution in [1.82, 2.24) is 9.38 Å². The van der Waals surface area contributed by atoms with Crippen molar-refractivity contribution in [3.05, 3.63) is 70.1 Å². The van der Waals surface area contributed by atoms with Crippen molar-refractivity contribution in [3.8, 4) is 11.6 Å². The minimum atomic E-state index is -0.444. The molecule has 0 aliphatic carbocycles. The van der Waals surface area contributed by atoms with Crippen LogP contribution in [0.15, 0.2) is 53.5 Å². The Balaban J connectivity index is 2.09. The molecule has 0 aliphatic heterocycles. The summed E-state index contributed by atoms with van der Waals surface area (Å²) in [5, 5.41) is 0. The minimum absolute atomic E-state index is 0.0236. The molecule has 3 rings (SSSR count). The molecule has 0 bridgehead atoms. The lowest BCUT2D eigenvalue weighted by molar-refractivity contribution is 0.111. The summed E-state index contributed by atoms with van der Waals surface area (Å²) in [4.78, 5) is 27.8. The number of aromatic nitrogens is 2. The van der Waals surface area contributed by atoms with Crippen molar-refractivity contribution >= 4 is 11.9 Å². The number of hydrogen-bond acceptors (Lipinski definition) is 4. The zero-order valence-corrected chi connectivity index (χ0v) is 12.0. The molecule has 0 atom stereocenters. The number of nitrogens with zero attached hydrogens (tertiary/aromatic N) is 2. The van der Waals surface area contributed by atoms with E-state index in [4.69, 9.17) is 4.74 Å². The summed E-state index contributed by atoms with van der Waals surface area (Å²) in [6.07, 6.45) is 2.97. The summed E-state index contributed by atoms with van der Waals surface area (Å²) >= 11 is 0. The average Bonchev–Trinajstić information content (AvgIpc) is 2.56. The van der Waals surface area contributed by atoms with Crippen LogP contribution >= 0.6 is 0 Å². The fraction of sp³-hybridized carbons (Fsp3) is 0.118. The lowest BCUT2D eigenvalue weighted by Crippen LogP contribution is -2.20. The number of carbonyl (C=O) groups is 1. The van der Waals surface area contributed by atoms with Gasteiger partial charge in [-0.25, -0.2) is 0 Å². The van der Waals surface area contributed by atoms with Gasteiger partial charge in [0.25, 0.3) is 5.56 Å². The first-order valence-electron chi connectivity index (χ1n) is 6.96. The van der Waals surface area contributed by atoms with Crippen LogP contribution in [0.1, 0.15) is 22.8 Å². The maximum atomic E-state index is 12.3. The van der Waals surface area contributed by atoms with E-state index in [0.29, 0.717) is 17.7 Å². The molecule has 2 aromatic heterocycles. The molecule has 3 aromatic rings. The molecule has 0 amide bonds. The predicted octanol–water partition coefficient (Wildman–Crippen LogP) is 2.86. The van der Waals surface area contributed by atoms with E-state index >= 15 is 0 Å². The van der Waals surface area contributed by atoms with E-state index in [2.05, 4.69) is 11.9 Å². The predicted molar refractivity (Wildman–Crippen MR) is 82.7 cm³/mol. The second-order valence-corrected chi connectivity index (χ2v) is 4.78. The van der Waals surface area contributed by atoms with Gasteiger partial charge in [-0.05, 0) is 36.2 Å². The van der Waals surface area contributed by atoms with Crippen molar-refractivity contribution in [2.24, 2.45) is 0 Å². The fourth-order valence-corrected chi connectivity index (χ4v) is 2.17. The molecule has 22 heavy (non-hydrogen) atoms. The number of carbonyl (C=O) groups excluding carboxylic acids is 1. The molecule has 0 N–H and O–H groups in total. The standard InChI is InChI=1S/C17H14N2O3/c1-2-12-6-8-13(9-7-12)22-16-14(11-20)17(21)19-10-4-3-5-15(19)18-16/h3-11H,2H2,1H3. The van der Waals surface area contributed by atoms with E-state index in [0.717, 1.165) is 6.42 Å². The third-order valence-electron chi connectivity index (χ3n) is 3.40. The van der Waals surface area contributed by atoms with Gasteiger partial charge in [-0.2, -0.15) is 4.98 Å². The topological polar surface area (TPSA) is 60.7 Å². The first kappa shape index (κ1) is 14.0. The van der Waals surface area contributed by atoms with Crippen LogP contribution in [0.4, 0.5) is 0 Å². The highest BCUT2D eigenvalue weighted by Gasteiger charge is 2.14. The number of ether oxygens (including phenoxy) is 1. The fourth-order valence-electron chi connectivity index (χ4n) is 2.17. The first-order valence-corrected chi connectivity index (χ1v) is 6.96. The highest BCUT2D eigenvalue weighted by Crippen LogP contribution is 2.22. The van der Waals surface area contributed by atoms with Gasteiger partial charge >= 0.3 is 0 Å². The molecule has 0 spiro atoms. The summed E-state index contributed by atoms with van der Waals surface area (Å²) in [7, 11) is 0. The highest BCUT2D eigenvalue weighted by molar-refractivity contribution is 5.78. The molecular weight excluding hydrogens is 280 g/mol. The zero-order valence-electron chi connectivity index (χ0n) is 12.0. The molecule has 0 fully saturated rings. The van der Waals surface area contributed by atoms with Gasteiger partial charge in [-0.15, -0.1) is 0 Å². The lowest BCUT2D eigenvalue weighted by atomic mass is 10.2. The number of rotatable bonds is 4. The van der Waals surface area contributed by atoms with Gasteiger partial charge in [-0.3, -0.25) is 14.0 Å². The monoisotopic (exact) mass is 294 g/mol. The van der Waals surface area contributed by atoms with Gasteiger partial charge in [0.2, 0.25) is 5.88 Å². The van der Waals surface area contributed by atoms with E-state index < -0.39 is 5.56 Å². The largest absolute Gasteiger partial charge is 0.438 e. The number of hydrogen-bond donors (Lipinski definition) is 0. The maximum absolute atomic E-state index is 12.3. The van der Waals surface area contributed by atoms with Gasteiger partial charge in [0.15, 0.2) is 6.29 Å². The van der Waals surface area contributed by atoms with Crippen molar-refractivity contribution in [1.29, 1.82) is 0 Å². The molecule has 110 valence electrons. The molecular formula is C17H14N2O3. The Hall–Kier alpha value is -2.95. The van der Waals surface area contributed by atoms with Crippen LogP contribution in [0.3, 0.4) is 0 Å². The van der Waals surface area contributed by atoms with E-state index in [1.807, 2.05) is 12.1 Å². The summed E-state index contributed by atoms with van der Waals surface area (Å²) in [5.41, 5.74) is 1.07. The SMILES string of the molecule is CCc1ccc(Oc2nc3ccccn3c(=O)c2C=O)cc1. The number of aldehydes is 1.